The minimum atomic E-state index is -4.79. The van der Waals surface area contributed by atoms with E-state index < -0.39 is 12.5 Å². The number of aromatic nitrogens is 2. The predicted molar refractivity (Wildman–Crippen MR) is 115 cm³/mol. The molecule has 1 amide bonds. The van der Waals surface area contributed by atoms with Gasteiger partial charge in [0, 0.05) is 41.7 Å². The number of hydrogen-bond donors (Lipinski definition) is 2. The number of aromatic amines is 1. The smallest absolute Gasteiger partial charge is 0.406 e. The minimum absolute atomic E-state index is 0.115. The molecule has 1 aromatic carbocycles. The van der Waals surface area contributed by atoms with Gasteiger partial charge < -0.3 is 19.7 Å². The summed E-state index contributed by atoms with van der Waals surface area (Å²) in [6, 6.07) is 4.83. The molecule has 0 saturated carbocycles. The summed E-state index contributed by atoms with van der Waals surface area (Å²) in [5.41, 5.74) is 3.38. The molecule has 1 saturated heterocycles. The second kappa shape index (κ2) is 8.57. The van der Waals surface area contributed by atoms with Gasteiger partial charge in [0.25, 0.3) is 5.91 Å². The molecule has 34 heavy (non-hydrogen) atoms. The van der Waals surface area contributed by atoms with E-state index in [1.165, 1.54) is 18.3 Å². The molecule has 10 heteroatoms. The van der Waals surface area contributed by atoms with Crippen molar-refractivity contribution < 1.29 is 32.2 Å². The van der Waals surface area contributed by atoms with Gasteiger partial charge >= 0.3 is 6.36 Å². The standard InChI is InChI=1S/C24H23F4N3O3/c25-18-12-29-22-21(17-11-15(32)3-6-19(17)30-22)20(18)13-7-9-31(10-8-13)23(33)14-1-4-16(5-2-14)34-24(26,27)28/h1-2,4-5,12-13,15,32H,3,6-11H2,(H,29,30)/t15-/m1/s1. The predicted octanol–water partition coefficient (Wildman–Crippen LogP) is 4.47. The van der Waals surface area contributed by atoms with Gasteiger partial charge in [0.15, 0.2) is 0 Å². The normalized spacial score (nSPS) is 19.3. The fraction of sp³-hybridized carbons (Fsp3) is 0.417. The van der Waals surface area contributed by atoms with Crippen molar-refractivity contribution >= 4 is 16.9 Å². The summed E-state index contributed by atoms with van der Waals surface area (Å²) in [4.78, 5) is 22.0. The van der Waals surface area contributed by atoms with Crippen LogP contribution in [0.25, 0.3) is 11.0 Å². The van der Waals surface area contributed by atoms with Crippen LogP contribution in [0.5, 0.6) is 5.75 Å². The molecule has 0 bridgehead atoms. The number of piperidine rings is 1. The first kappa shape index (κ1) is 22.6. The maximum atomic E-state index is 15.0. The molecule has 1 aliphatic heterocycles. The fourth-order valence-electron chi connectivity index (χ4n) is 5.11. The number of benzene rings is 1. The van der Waals surface area contributed by atoms with E-state index in [1.807, 2.05) is 0 Å². The largest absolute Gasteiger partial charge is 0.573 e. The quantitative estimate of drug-likeness (QED) is 0.546. The zero-order chi connectivity index (χ0) is 24.0. The van der Waals surface area contributed by atoms with Crippen molar-refractivity contribution in [1.29, 1.82) is 0 Å². The number of aryl methyl sites for hydroxylation is 1. The molecule has 0 unspecified atom stereocenters. The number of pyridine rings is 1. The third-order valence-electron chi connectivity index (χ3n) is 6.70. The lowest BCUT2D eigenvalue weighted by Gasteiger charge is -2.33. The van der Waals surface area contributed by atoms with Crippen molar-refractivity contribution in [3.63, 3.8) is 0 Å². The first-order valence-electron chi connectivity index (χ1n) is 11.2. The second-order valence-electron chi connectivity index (χ2n) is 8.86. The Bertz CT molecular complexity index is 1210. The van der Waals surface area contributed by atoms with Crippen LogP contribution in [0.3, 0.4) is 0 Å². The summed E-state index contributed by atoms with van der Waals surface area (Å²) in [5.74, 6) is -1.19. The lowest BCUT2D eigenvalue weighted by atomic mass is 9.84. The molecule has 3 aromatic rings. The van der Waals surface area contributed by atoms with E-state index in [2.05, 4.69) is 14.7 Å². The molecule has 0 spiro atoms. The number of carbonyl (C=O) groups excluding carboxylic acids is 1. The Hall–Kier alpha value is -3.14. The number of ether oxygens (including phenoxy) is 1. The molecule has 5 rings (SSSR count). The summed E-state index contributed by atoms with van der Waals surface area (Å²) < 4.78 is 55.9. The minimum Gasteiger partial charge on any atom is -0.406 e. The SMILES string of the molecule is O=C(c1ccc(OC(F)(F)F)cc1)N1CCC(c2c(F)cnc3[nH]c4c(c23)C[C@H](O)CC4)CC1. The molecule has 1 fully saturated rings. The summed E-state index contributed by atoms with van der Waals surface area (Å²) >= 11 is 0. The van der Waals surface area contributed by atoms with Gasteiger partial charge in [0.2, 0.25) is 0 Å². The summed E-state index contributed by atoms with van der Waals surface area (Å²) in [6.45, 7) is 0.783. The monoisotopic (exact) mass is 477 g/mol. The Morgan fingerprint density at radius 3 is 2.53 bits per heavy atom. The Kier molecular flexibility index (Phi) is 5.71. The second-order valence-corrected chi connectivity index (χ2v) is 8.86. The van der Waals surface area contributed by atoms with Crippen molar-refractivity contribution in [3.8, 4) is 5.75 Å². The van der Waals surface area contributed by atoms with E-state index in [0.29, 0.717) is 56.4 Å². The number of aliphatic hydroxyl groups excluding tert-OH is 1. The molecule has 0 radical (unpaired) electrons. The van der Waals surface area contributed by atoms with Gasteiger partial charge in [-0.3, -0.25) is 4.79 Å². The van der Waals surface area contributed by atoms with Crippen LogP contribution in [0.15, 0.2) is 30.5 Å². The number of rotatable bonds is 3. The van der Waals surface area contributed by atoms with Gasteiger partial charge in [-0.15, -0.1) is 13.2 Å². The number of amides is 1. The Morgan fingerprint density at radius 2 is 1.85 bits per heavy atom. The number of halogens is 4. The first-order valence-corrected chi connectivity index (χ1v) is 11.2. The lowest BCUT2D eigenvalue weighted by Crippen LogP contribution is -2.38. The van der Waals surface area contributed by atoms with E-state index in [0.717, 1.165) is 28.8 Å². The van der Waals surface area contributed by atoms with Gasteiger partial charge in [0.05, 0.1) is 12.3 Å². The number of H-pyrrole nitrogens is 1. The van der Waals surface area contributed by atoms with Crippen LogP contribution < -0.4 is 4.74 Å². The highest BCUT2D eigenvalue weighted by molar-refractivity contribution is 5.94. The van der Waals surface area contributed by atoms with E-state index in [4.69, 9.17) is 0 Å². The molecule has 2 aromatic heterocycles. The molecule has 2 N–H and O–H groups in total. The summed E-state index contributed by atoms with van der Waals surface area (Å²) in [5, 5.41) is 10.9. The van der Waals surface area contributed by atoms with Crippen LogP contribution in [0.4, 0.5) is 17.6 Å². The first-order chi connectivity index (χ1) is 16.2. The number of nitrogens with zero attached hydrogens (tertiary/aromatic N) is 2. The zero-order valence-corrected chi connectivity index (χ0v) is 18.2. The van der Waals surface area contributed by atoms with E-state index in [1.54, 1.807) is 4.90 Å². The van der Waals surface area contributed by atoms with E-state index in [9.17, 15) is 23.1 Å². The van der Waals surface area contributed by atoms with Crippen LogP contribution in [-0.4, -0.2) is 51.4 Å². The number of alkyl halides is 3. The highest BCUT2D eigenvalue weighted by Gasteiger charge is 2.32. The molecular formula is C24H23F4N3O3. The number of carbonyl (C=O) groups is 1. The number of likely N-dealkylation sites (tertiary alicyclic amines) is 1. The van der Waals surface area contributed by atoms with Crippen LogP contribution in [0.2, 0.25) is 0 Å². The van der Waals surface area contributed by atoms with Crippen molar-refractivity contribution in [2.45, 2.75) is 50.5 Å². The van der Waals surface area contributed by atoms with Gasteiger partial charge in [-0.05, 0) is 61.4 Å². The highest BCUT2D eigenvalue weighted by atomic mass is 19.4. The van der Waals surface area contributed by atoms with Crippen molar-refractivity contribution in [2.24, 2.45) is 0 Å². The maximum Gasteiger partial charge on any atom is 0.573 e. The third-order valence-corrected chi connectivity index (χ3v) is 6.70. The van der Waals surface area contributed by atoms with Gasteiger partial charge in [-0.2, -0.15) is 0 Å². The van der Waals surface area contributed by atoms with Gasteiger partial charge in [-0.25, -0.2) is 9.37 Å². The molecule has 1 atom stereocenters. The number of hydrogen-bond acceptors (Lipinski definition) is 4. The number of fused-ring (bicyclic) bond motifs is 3. The maximum absolute atomic E-state index is 15.0. The van der Waals surface area contributed by atoms with Gasteiger partial charge in [0.1, 0.15) is 17.2 Å². The Morgan fingerprint density at radius 1 is 1.15 bits per heavy atom. The van der Waals surface area contributed by atoms with Crippen LogP contribution >= 0.6 is 0 Å². The Labute approximate surface area is 192 Å². The highest BCUT2D eigenvalue weighted by Crippen LogP contribution is 2.39. The third kappa shape index (κ3) is 4.34. The van der Waals surface area contributed by atoms with Crippen molar-refractivity contribution in [1.82, 2.24) is 14.9 Å². The zero-order valence-electron chi connectivity index (χ0n) is 18.2. The van der Waals surface area contributed by atoms with Gasteiger partial charge in [-0.1, -0.05) is 0 Å². The summed E-state index contributed by atoms with van der Waals surface area (Å²) in [7, 11) is 0. The summed E-state index contributed by atoms with van der Waals surface area (Å²) in [6.07, 6.45) is -1.15. The van der Waals surface area contributed by atoms with E-state index in [-0.39, 0.29) is 29.0 Å². The van der Waals surface area contributed by atoms with Crippen LogP contribution in [0, 0.1) is 5.82 Å². The molecule has 3 heterocycles. The lowest BCUT2D eigenvalue weighted by molar-refractivity contribution is -0.274. The average Bonchev–Trinajstić information content (AvgIpc) is 3.16. The topological polar surface area (TPSA) is 78.5 Å². The average molecular weight is 477 g/mol. The van der Waals surface area contributed by atoms with Crippen molar-refractivity contribution in [3.05, 3.63) is 58.7 Å². The molecule has 6 nitrogen and oxygen atoms in total. The molecular weight excluding hydrogens is 454 g/mol. The van der Waals surface area contributed by atoms with Crippen molar-refractivity contribution in [2.75, 3.05) is 13.1 Å². The fourth-order valence-corrected chi connectivity index (χ4v) is 5.11. The molecule has 180 valence electrons. The molecule has 2 aliphatic rings. The van der Waals surface area contributed by atoms with E-state index >= 15 is 4.39 Å². The Balaban J connectivity index is 1.32. The number of aliphatic hydroxyl groups is 1. The van der Waals surface area contributed by atoms with Crippen LogP contribution in [-0.2, 0) is 12.8 Å². The number of nitrogens with one attached hydrogen (secondary N) is 1. The molecule has 1 aliphatic carbocycles. The van der Waals surface area contributed by atoms with Crippen LogP contribution in [0.1, 0.15) is 52.4 Å².